The number of hydrogen-bond acceptors (Lipinski definition) is 4. The van der Waals surface area contributed by atoms with Crippen molar-refractivity contribution in [3.8, 4) is 11.5 Å². The summed E-state index contributed by atoms with van der Waals surface area (Å²) < 4.78 is 5.08. The van der Waals surface area contributed by atoms with E-state index in [4.69, 9.17) is 16.3 Å². The number of phenolic OH excluding ortho intramolecular Hbond substituents is 1. The minimum Gasteiger partial charge on any atom is -0.504 e. The van der Waals surface area contributed by atoms with Gasteiger partial charge in [-0.1, -0.05) is 11.6 Å². The van der Waals surface area contributed by atoms with Gasteiger partial charge in [0.25, 0.3) is 0 Å². The van der Waals surface area contributed by atoms with Crippen LogP contribution in [0, 0.1) is 5.92 Å². The van der Waals surface area contributed by atoms with Crippen molar-refractivity contribution in [1.82, 2.24) is 5.32 Å². The zero-order chi connectivity index (χ0) is 13.0. The third kappa shape index (κ3) is 3.46. The number of thioether (sulfide) groups is 1. The highest BCUT2D eigenvalue weighted by molar-refractivity contribution is 7.99. The van der Waals surface area contributed by atoms with Crippen LogP contribution in [0.3, 0.4) is 0 Å². The molecule has 1 heterocycles. The molecule has 5 heteroatoms. The fraction of sp³-hybridized carbons (Fsp3) is 0.538. The van der Waals surface area contributed by atoms with E-state index in [9.17, 15) is 5.11 Å². The van der Waals surface area contributed by atoms with E-state index < -0.39 is 0 Å². The molecule has 18 heavy (non-hydrogen) atoms. The third-order valence-corrected chi connectivity index (χ3v) is 4.56. The first-order chi connectivity index (χ1) is 8.70. The summed E-state index contributed by atoms with van der Waals surface area (Å²) in [5.74, 6) is 3.85. The maximum absolute atomic E-state index is 9.98. The number of rotatable bonds is 5. The molecule has 0 radical (unpaired) electrons. The van der Waals surface area contributed by atoms with Crippen LogP contribution in [-0.2, 0) is 6.54 Å². The van der Waals surface area contributed by atoms with Gasteiger partial charge in [0.1, 0.15) is 0 Å². The second-order valence-electron chi connectivity index (χ2n) is 4.48. The Bertz CT molecular complexity index is 408. The van der Waals surface area contributed by atoms with Gasteiger partial charge >= 0.3 is 0 Å². The maximum Gasteiger partial charge on any atom is 0.162 e. The van der Waals surface area contributed by atoms with E-state index in [-0.39, 0.29) is 5.75 Å². The summed E-state index contributed by atoms with van der Waals surface area (Å²) in [5.41, 5.74) is 0.782. The number of hydrogen-bond donors (Lipinski definition) is 2. The number of halogens is 1. The lowest BCUT2D eigenvalue weighted by atomic mass is 10.1. The molecule has 1 unspecified atom stereocenters. The second kappa shape index (κ2) is 6.55. The molecule has 1 aliphatic heterocycles. The fourth-order valence-corrected chi connectivity index (χ4v) is 3.59. The summed E-state index contributed by atoms with van der Waals surface area (Å²) in [5, 5.41) is 13.9. The van der Waals surface area contributed by atoms with Crippen LogP contribution in [0.25, 0.3) is 0 Å². The number of nitrogens with one attached hydrogen (secondary N) is 1. The lowest BCUT2D eigenvalue weighted by Gasteiger charge is -2.13. The van der Waals surface area contributed by atoms with E-state index in [0.717, 1.165) is 18.0 Å². The Morgan fingerprint density at radius 3 is 3.06 bits per heavy atom. The Kier molecular flexibility index (Phi) is 5.03. The van der Waals surface area contributed by atoms with Gasteiger partial charge in [-0.15, -0.1) is 0 Å². The summed E-state index contributed by atoms with van der Waals surface area (Å²) in [4.78, 5) is 0. The SMILES string of the molecule is COc1cc(Cl)cc(CNCC2CCSC2)c1O. The molecule has 0 bridgehead atoms. The van der Waals surface area contributed by atoms with Crippen LogP contribution in [0.4, 0.5) is 0 Å². The van der Waals surface area contributed by atoms with Gasteiger partial charge in [-0.2, -0.15) is 11.8 Å². The Balaban J connectivity index is 1.93. The Hall–Kier alpha value is -0.580. The number of aromatic hydroxyl groups is 1. The molecule has 1 atom stereocenters. The predicted molar refractivity (Wildman–Crippen MR) is 76.8 cm³/mol. The molecular formula is C13H18ClNO2S. The predicted octanol–water partition coefficient (Wildman–Crippen LogP) is 2.90. The van der Waals surface area contributed by atoms with Crippen LogP contribution in [0.1, 0.15) is 12.0 Å². The van der Waals surface area contributed by atoms with Crippen molar-refractivity contribution in [2.45, 2.75) is 13.0 Å². The Labute approximate surface area is 117 Å². The molecule has 0 aromatic heterocycles. The molecule has 100 valence electrons. The highest BCUT2D eigenvalue weighted by atomic mass is 35.5. The lowest BCUT2D eigenvalue weighted by molar-refractivity contribution is 0.369. The Morgan fingerprint density at radius 2 is 2.39 bits per heavy atom. The fourth-order valence-electron chi connectivity index (χ4n) is 2.07. The number of methoxy groups -OCH3 is 1. The van der Waals surface area contributed by atoms with Gasteiger partial charge in [0.05, 0.1) is 7.11 Å². The molecule has 3 nitrogen and oxygen atoms in total. The van der Waals surface area contributed by atoms with Crippen molar-refractivity contribution in [2.75, 3.05) is 25.2 Å². The smallest absolute Gasteiger partial charge is 0.162 e. The quantitative estimate of drug-likeness (QED) is 0.874. The van der Waals surface area contributed by atoms with Crippen molar-refractivity contribution in [3.63, 3.8) is 0 Å². The lowest BCUT2D eigenvalue weighted by Crippen LogP contribution is -2.22. The molecular weight excluding hydrogens is 270 g/mol. The van der Waals surface area contributed by atoms with Crippen LogP contribution in [0.5, 0.6) is 11.5 Å². The topological polar surface area (TPSA) is 41.5 Å². The van der Waals surface area contributed by atoms with Crippen LogP contribution in [-0.4, -0.2) is 30.3 Å². The number of ether oxygens (including phenoxy) is 1. The molecule has 0 amide bonds. The molecule has 2 N–H and O–H groups in total. The van der Waals surface area contributed by atoms with Crippen molar-refractivity contribution < 1.29 is 9.84 Å². The minimum atomic E-state index is 0.176. The van der Waals surface area contributed by atoms with Gasteiger partial charge in [0, 0.05) is 23.2 Å². The van der Waals surface area contributed by atoms with E-state index in [0.29, 0.717) is 17.3 Å². The Morgan fingerprint density at radius 1 is 1.56 bits per heavy atom. The molecule has 0 spiro atoms. The van der Waals surface area contributed by atoms with Crippen molar-refractivity contribution in [3.05, 3.63) is 22.7 Å². The van der Waals surface area contributed by atoms with E-state index in [2.05, 4.69) is 5.32 Å². The first-order valence-electron chi connectivity index (χ1n) is 6.04. The molecule has 1 aliphatic rings. The largest absolute Gasteiger partial charge is 0.504 e. The van der Waals surface area contributed by atoms with Crippen LogP contribution in [0.2, 0.25) is 5.02 Å². The maximum atomic E-state index is 9.98. The van der Waals surface area contributed by atoms with Crippen molar-refractivity contribution >= 4 is 23.4 Å². The molecule has 0 aliphatic carbocycles. The van der Waals surface area contributed by atoms with E-state index in [1.165, 1.54) is 25.0 Å². The van der Waals surface area contributed by atoms with Crippen LogP contribution < -0.4 is 10.1 Å². The summed E-state index contributed by atoms with van der Waals surface area (Å²) in [7, 11) is 1.53. The van der Waals surface area contributed by atoms with Crippen molar-refractivity contribution in [2.24, 2.45) is 5.92 Å². The molecule has 1 fully saturated rings. The molecule has 1 saturated heterocycles. The summed E-state index contributed by atoms with van der Waals surface area (Å²) in [6, 6.07) is 3.39. The van der Waals surface area contributed by atoms with E-state index in [1.807, 2.05) is 11.8 Å². The van der Waals surface area contributed by atoms with Gasteiger partial charge in [-0.25, -0.2) is 0 Å². The molecule has 1 aromatic rings. The monoisotopic (exact) mass is 287 g/mol. The summed E-state index contributed by atoms with van der Waals surface area (Å²) in [6.07, 6.45) is 1.28. The van der Waals surface area contributed by atoms with E-state index >= 15 is 0 Å². The molecule has 1 aromatic carbocycles. The normalized spacial score (nSPS) is 19.1. The number of phenols is 1. The van der Waals surface area contributed by atoms with Crippen molar-refractivity contribution in [1.29, 1.82) is 0 Å². The highest BCUT2D eigenvalue weighted by Gasteiger charge is 2.15. The molecule has 2 rings (SSSR count). The molecule has 0 saturated carbocycles. The van der Waals surface area contributed by atoms with Gasteiger partial charge in [0.2, 0.25) is 0 Å². The van der Waals surface area contributed by atoms with Gasteiger partial charge in [0.15, 0.2) is 11.5 Å². The first-order valence-corrected chi connectivity index (χ1v) is 7.58. The second-order valence-corrected chi connectivity index (χ2v) is 6.06. The van der Waals surface area contributed by atoms with Gasteiger partial charge in [-0.3, -0.25) is 0 Å². The minimum absolute atomic E-state index is 0.176. The van der Waals surface area contributed by atoms with Crippen LogP contribution in [0.15, 0.2) is 12.1 Å². The first kappa shape index (κ1) is 13.8. The van der Waals surface area contributed by atoms with E-state index in [1.54, 1.807) is 12.1 Å². The summed E-state index contributed by atoms with van der Waals surface area (Å²) in [6.45, 7) is 1.60. The van der Waals surface area contributed by atoms with Crippen LogP contribution >= 0.6 is 23.4 Å². The zero-order valence-corrected chi connectivity index (χ0v) is 12.0. The average Bonchev–Trinajstić information content (AvgIpc) is 2.86. The third-order valence-electron chi connectivity index (χ3n) is 3.11. The summed E-state index contributed by atoms with van der Waals surface area (Å²) >= 11 is 7.99. The highest BCUT2D eigenvalue weighted by Crippen LogP contribution is 2.33. The van der Waals surface area contributed by atoms with Gasteiger partial charge < -0.3 is 15.2 Å². The zero-order valence-electron chi connectivity index (χ0n) is 10.4. The number of benzene rings is 1. The van der Waals surface area contributed by atoms with Gasteiger partial charge in [-0.05, 0) is 36.5 Å². The standard InChI is InChI=1S/C13H18ClNO2S/c1-17-12-5-11(14)4-10(13(12)16)7-15-6-9-2-3-18-8-9/h4-5,9,15-16H,2-3,6-8H2,1H3. The average molecular weight is 288 g/mol.